The number of carbonyl (C=O) groups excluding carboxylic acids is 2. The van der Waals surface area contributed by atoms with Gasteiger partial charge in [-0.1, -0.05) is 45.4 Å². The van der Waals surface area contributed by atoms with E-state index in [0.717, 1.165) is 6.08 Å². The SMILES string of the molecule is C=CC(=O)OC(CC)C(=O)C(Br)CBr. The van der Waals surface area contributed by atoms with Gasteiger partial charge in [-0.2, -0.15) is 0 Å². The largest absolute Gasteiger partial charge is 0.451 e. The summed E-state index contributed by atoms with van der Waals surface area (Å²) in [6.07, 6.45) is 0.823. The molecule has 0 fully saturated rings. The van der Waals surface area contributed by atoms with Crippen LogP contribution in [0.4, 0.5) is 0 Å². The van der Waals surface area contributed by atoms with Crippen LogP contribution in [0.25, 0.3) is 0 Å². The molecule has 3 nitrogen and oxygen atoms in total. The fourth-order valence-corrected chi connectivity index (χ4v) is 1.42. The lowest BCUT2D eigenvalue weighted by Gasteiger charge is -2.15. The summed E-state index contributed by atoms with van der Waals surface area (Å²) in [7, 11) is 0. The van der Waals surface area contributed by atoms with Crippen LogP contribution >= 0.6 is 31.9 Å². The number of ether oxygens (including phenoxy) is 1. The van der Waals surface area contributed by atoms with Crippen LogP contribution in [0.15, 0.2) is 12.7 Å². The molecule has 0 aliphatic heterocycles. The predicted molar refractivity (Wildman–Crippen MR) is 61.9 cm³/mol. The number of ketones is 1. The number of carbonyl (C=O) groups is 2. The zero-order chi connectivity index (χ0) is 11.1. The van der Waals surface area contributed by atoms with Gasteiger partial charge in [-0.3, -0.25) is 4.79 Å². The second-order valence-corrected chi connectivity index (χ2v) is 4.31. The third kappa shape index (κ3) is 4.37. The Morgan fingerprint density at radius 1 is 1.57 bits per heavy atom. The second-order valence-electron chi connectivity index (χ2n) is 2.56. The van der Waals surface area contributed by atoms with Gasteiger partial charge in [0.25, 0.3) is 0 Å². The Bertz CT molecular complexity index is 228. The normalized spacial score (nSPS) is 14.2. The predicted octanol–water partition coefficient (Wildman–Crippen LogP) is 2.22. The molecule has 5 heteroatoms. The van der Waals surface area contributed by atoms with E-state index < -0.39 is 12.1 Å². The average molecular weight is 328 g/mol. The van der Waals surface area contributed by atoms with Crippen LogP contribution in [0, 0.1) is 0 Å². The molecule has 0 rings (SSSR count). The number of hydrogen-bond acceptors (Lipinski definition) is 3. The van der Waals surface area contributed by atoms with Crippen molar-refractivity contribution in [3.8, 4) is 0 Å². The summed E-state index contributed by atoms with van der Waals surface area (Å²) in [5.74, 6) is -0.709. The maximum Gasteiger partial charge on any atom is 0.330 e. The van der Waals surface area contributed by atoms with Crippen molar-refractivity contribution in [3.05, 3.63) is 12.7 Å². The van der Waals surface area contributed by atoms with Crippen molar-refractivity contribution < 1.29 is 14.3 Å². The van der Waals surface area contributed by atoms with E-state index in [9.17, 15) is 9.59 Å². The summed E-state index contributed by atoms with van der Waals surface area (Å²) >= 11 is 6.35. The lowest BCUT2D eigenvalue weighted by Crippen LogP contribution is -2.32. The molecule has 2 atom stereocenters. The Morgan fingerprint density at radius 2 is 2.14 bits per heavy atom. The highest BCUT2D eigenvalue weighted by Crippen LogP contribution is 2.12. The molecule has 0 aliphatic carbocycles. The van der Waals surface area contributed by atoms with Gasteiger partial charge in [0, 0.05) is 11.4 Å². The molecule has 0 spiro atoms. The van der Waals surface area contributed by atoms with Crippen molar-refractivity contribution in [1.82, 2.24) is 0 Å². The first-order valence-corrected chi connectivity index (χ1v) is 6.17. The molecule has 0 aliphatic rings. The number of halogens is 2. The standard InChI is InChI=1S/C9H12Br2O3/c1-3-7(14-8(12)4-2)9(13)6(11)5-10/h4,6-7H,2-3,5H2,1H3. The summed E-state index contributed by atoms with van der Waals surface area (Å²) in [5.41, 5.74) is 0. The molecule has 14 heavy (non-hydrogen) atoms. The van der Waals surface area contributed by atoms with Gasteiger partial charge in [-0.05, 0) is 6.42 Å². The average Bonchev–Trinajstić information content (AvgIpc) is 2.23. The van der Waals surface area contributed by atoms with Gasteiger partial charge in [-0.15, -0.1) is 0 Å². The Hall–Kier alpha value is -0.160. The fraction of sp³-hybridized carbons (Fsp3) is 0.556. The lowest BCUT2D eigenvalue weighted by molar-refractivity contribution is -0.150. The Morgan fingerprint density at radius 3 is 2.50 bits per heavy atom. The van der Waals surface area contributed by atoms with Crippen LogP contribution in [-0.4, -0.2) is 28.0 Å². The van der Waals surface area contributed by atoms with Crippen LogP contribution < -0.4 is 0 Å². The van der Waals surface area contributed by atoms with Gasteiger partial charge in [-0.25, -0.2) is 4.79 Å². The first kappa shape index (κ1) is 13.8. The van der Waals surface area contributed by atoms with Gasteiger partial charge in [0.1, 0.15) is 0 Å². The summed E-state index contributed by atoms with van der Waals surface area (Å²) in [4.78, 5) is 22.1. The third-order valence-electron chi connectivity index (χ3n) is 1.56. The quantitative estimate of drug-likeness (QED) is 0.427. The van der Waals surface area contributed by atoms with Crippen LogP contribution in [0.2, 0.25) is 0 Å². The Labute approximate surface area is 100 Å². The summed E-state index contributed by atoms with van der Waals surface area (Å²) in [6, 6.07) is 0. The van der Waals surface area contributed by atoms with Gasteiger partial charge in [0.05, 0.1) is 4.83 Å². The molecule has 0 amide bonds. The topological polar surface area (TPSA) is 43.4 Å². The van der Waals surface area contributed by atoms with Gasteiger partial charge < -0.3 is 4.74 Å². The molecular formula is C9H12Br2O3. The minimum Gasteiger partial charge on any atom is -0.451 e. The van der Waals surface area contributed by atoms with Crippen molar-refractivity contribution >= 4 is 43.6 Å². The first-order valence-electron chi connectivity index (χ1n) is 4.13. The number of Topliss-reactive ketones (excluding diaryl/α,β-unsaturated/α-hetero) is 1. The summed E-state index contributed by atoms with van der Waals surface area (Å²) < 4.78 is 4.88. The van der Waals surface area contributed by atoms with Crippen LogP contribution in [0.3, 0.4) is 0 Å². The maximum atomic E-state index is 11.6. The molecule has 0 aromatic rings. The second kappa shape index (κ2) is 7.17. The minimum atomic E-state index is -0.692. The maximum absolute atomic E-state index is 11.6. The highest BCUT2D eigenvalue weighted by molar-refractivity contribution is 9.12. The van der Waals surface area contributed by atoms with Crippen molar-refractivity contribution in [3.63, 3.8) is 0 Å². The highest BCUT2D eigenvalue weighted by atomic mass is 79.9. The summed E-state index contributed by atoms with van der Waals surface area (Å²) in [5, 5.41) is 0.494. The Kier molecular flexibility index (Phi) is 7.09. The first-order chi connectivity index (χ1) is 6.56. The monoisotopic (exact) mass is 326 g/mol. The molecule has 0 radical (unpaired) electrons. The molecule has 0 saturated carbocycles. The molecule has 0 bridgehead atoms. The van der Waals surface area contributed by atoms with Crippen LogP contribution in [-0.2, 0) is 14.3 Å². The zero-order valence-corrected chi connectivity index (χ0v) is 11.0. The van der Waals surface area contributed by atoms with Crippen molar-refractivity contribution in [2.75, 3.05) is 5.33 Å². The van der Waals surface area contributed by atoms with E-state index in [1.165, 1.54) is 0 Å². The Balaban J connectivity index is 4.33. The zero-order valence-electron chi connectivity index (χ0n) is 7.83. The van der Waals surface area contributed by atoms with E-state index in [4.69, 9.17) is 4.74 Å². The number of rotatable bonds is 6. The lowest BCUT2D eigenvalue weighted by atomic mass is 10.1. The summed E-state index contributed by atoms with van der Waals surface area (Å²) in [6.45, 7) is 5.05. The number of esters is 1. The van der Waals surface area contributed by atoms with E-state index in [1.807, 2.05) is 0 Å². The van der Waals surface area contributed by atoms with E-state index in [2.05, 4.69) is 38.4 Å². The highest BCUT2D eigenvalue weighted by Gasteiger charge is 2.25. The number of alkyl halides is 2. The van der Waals surface area contributed by atoms with Crippen molar-refractivity contribution in [2.45, 2.75) is 24.3 Å². The smallest absolute Gasteiger partial charge is 0.330 e. The van der Waals surface area contributed by atoms with Crippen LogP contribution in [0.5, 0.6) is 0 Å². The third-order valence-corrected chi connectivity index (χ3v) is 3.85. The fourth-order valence-electron chi connectivity index (χ4n) is 0.809. The van der Waals surface area contributed by atoms with Crippen LogP contribution in [0.1, 0.15) is 13.3 Å². The van der Waals surface area contributed by atoms with E-state index in [0.29, 0.717) is 11.8 Å². The molecule has 2 unspecified atom stereocenters. The van der Waals surface area contributed by atoms with Gasteiger partial charge in [0.15, 0.2) is 11.9 Å². The minimum absolute atomic E-state index is 0.139. The molecule has 0 heterocycles. The van der Waals surface area contributed by atoms with E-state index in [1.54, 1.807) is 6.92 Å². The van der Waals surface area contributed by atoms with Crippen molar-refractivity contribution in [2.24, 2.45) is 0 Å². The number of hydrogen-bond donors (Lipinski definition) is 0. The van der Waals surface area contributed by atoms with E-state index >= 15 is 0 Å². The molecule has 0 saturated heterocycles. The molecule has 0 aromatic carbocycles. The van der Waals surface area contributed by atoms with Gasteiger partial charge >= 0.3 is 5.97 Å². The molecule has 0 aromatic heterocycles. The molecule has 0 N–H and O–H groups in total. The van der Waals surface area contributed by atoms with Gasteiger partial charge in [0.2, 0.25) is 0 Å². The van der Waals surface area contributed by atoms with Crippen molar-refractivity contribution in [1.29, 1.82) is 0 Å². The molecular weight excluding hydrogens is 316 g/mol. The molecule has 80 valence electrons. The van der Waals surface area contributed by atoms with E-state index in [-0.39, 0.29) is 10.6 Å².